The maximum absolute atomic E-state index is 3.61. The van der Waals surface area contributed by atoms with E-state index in [2.05, 4.69) is 43.4 Å². The molecule has 0 aromatic heterocycles. The van der Waals surface area contributed by atoms with Crippen LogP contribution in [-0.4, -0.2) is 12.6 Å². The molecule has 17 heavy (non-hydrogen) atoms. The highest BCUT2D eigenvalue weighted by atomic mass is 14.9. The molecule has 0 amide bonds. The molecule has 0 saturated carbocycles. The van der Waals surface area contributed by atoms with Gasteiger partial charge in [0.05, 0.1) is 0 Å². The highest BCUT2D eigenvalue weighted by Gasteiger charge is 2.12. The van der Waals surface area contributed by atoms with Crippen molar-refractivity contribution >= 4 is 0 Å². The summed E-state index contributed by atoms with van der Waals surface area (Å²) in [7, 11) is 0. The van der Waals surface area contributed by atoms with Gasteiger partial charge < -0.3 is 5.32 Å². The van der Waals surface area contributed by atoms with Crippen molar-refractivity contribution in [1.82, 2.24) is 5.32 Å². The molecule has 1 atom stereocenters. The molecule has 1 aliphatic rings. The molecule has 0 radical (unpaired) electrons. The highest BCUT2D eigenvalue weighted by Crippen LogP contribution is 2.15. The molecule has 2 rings (SSSR count). The number of hydrogen-bond acceptors (Lipinski definition) is 1. The SMILES string of the molecule is CC(C)Cc1ccc(CC2CCCCN2)cc1. The molecule has 1 aliphatic heterocycles. The monoisotopic (exact) mass is 231 g/mol. The number of rotatable bonds is 4. The molecule has 1 nitrogen and oxygen atoms in total. The van der Waals surface area contributed by atoms with Crippen LogP contribution in [0.5, 0.6) is 0 Å². The molecule has 94 valence electrons. The zero-order valence-electron chi connectivity index (χ0n) is 11.2. The minimum absolute atomic E-state index is 0.708. The molecule has 0 bridgehead atoms. The van der Waals surface area contributed by atoms with E-state index in [4.69, 9.17) is 0 Å². The Kier molecular flexibility index (Phi) is 4.61. The summed E-state index contributed by atoms with van der Waals surface area (Å²) in [6, 6.07) is 9.94. The van der Waals surface area contributed by atoms with E-state index in [1.807, 2.05) is 0 Å². The van der Waals surface area contributed by atoms with Gasteiger partial charge in [0.1, 0.15) is 0 Å². The number of nitrogens with one attached hydrogen (secondary N) is 1. The lowest BCUT2D eigenvalue weighted by atomic mass is 9.96. The third-order valence-corrected chi connectivity index (χ3v) is 3.56. The van der Waals surface area contributed by atoms with Gasteiger partial charge in [-0.2, -0.15) is 0 Å². The van der Waals surface area contributed by atoms with Crippen molar-refractivity contribution in [3.8, 4) is 0 Å². The fourth-order valence-electron chi connectivity index (χ4n) is 2.67. The molecule has 1 fully saturated rings. The maximum Gasteiger partial charge on any atom is 0.0107 e. The van der Waals surface area contributed by atoms with Gasteiger partial charge in [-0.3, -0.25) is 0 Å². The first-order valence-electron chi connectivity index (χ1n) is 7.05. The van der Waals surface area contributed by atoms with Crippen LogP contribution in [0.1, 0.15) is 44.2 Å². The van der Waals surface area contributed by atoms with Crippen molar-refractivity contribution < 1.29 is 0 Å². The predicted octanol–water partition coefficient (Wildman–Crippen LogP) is 3.57. The lowest BCUT2D eigenvalue weighted by molar-refractivity contribution is 0.399. The van der Waals surface area contributed by atoms with Crippen molar-refractivity contribution in [2.45, 2.75) is 52.0 Å². The fourth-order valence-corrected chi connectivity index (χ4v) is 2.67. The number of hydrogen-bond donors (Lipinski definition) is 1. The first-order valence-corrected chi connectivity index (χ1v) is 7.05. The Bertz CT molecular complexity index is 320. The standard InChI is InChI=1S/C16H25N/c1-13(2)11-14-6-8-15(9-7-14)12-16-5-3-4-10-17-16/h6-9,13,16-17H,3-5,10-12H2,1-2H3. The Morgan fingerprint density at radius 2 is 1.82 bits per heavy atom. The molecular weight excluding hydrogens is 206 g/mol. The van der Waals surface area contributed by atoms with Crippen LogP contribution in [0.3, 0.4) is 0 Å². The molecule has 1 N–H and O–H groups in total. The summed E-state index contributed by atoms with van der Waals surface area (Å²) >= 11 is 0. The Morgan fingerprint density at radius 3 is 2.41 bits per heavy atom. The Balaban J connectivity index is 1.88. The molecule has 1 aromatic carbocycles. The molecule has 0 spiro atoms. The molecular formula is C16H25N. The van der Waals surface area contributed by atoms with E-state index in [0.29, 0.717) is 6.04 Å². The summed E-state index contributed by atoms with van der Waals surface area (Å²) in [5, 5.41) is 3.61. The van der Waals surface area contributed by atoms with E-state index in [1.165, 1.54) is 49.8 Å². The average molecular weight is 231 g/mol. The quantitative estimate of drug-likeness (QED) is 0.835. The Labute approximate surface area is 106 Å². The van der Waals surface area contributed by atoms with Crippen molar-refractivity contribution in [3.05, 3.63) is 35.4 Å². The van der Waals surface area contributed by atoms with Gasteiger partial charge in [0.25, 0.3) is 0 Å². The van der Waals surface area contributed by atoms with Crippen molar-refractivity contribution in [2.24, 2.45) is 5.92 Å². The zero-order valence-corrected chi connectivity index (χ0v) is 11.2. The molecule has 1 saturated heterocycles. The van der Waals surface area contributed by atoms with Crippen LogP contribution in [0.4, 0.5) is 0 Å². The van der Waals surface area contributed by atoms with Crippen LogP contribution in [0.15, 0.2) is 24.3 Å². The molecule has 0 aliphatic carbocycles. The smallest absolute Gasteiger partial charge is 0.0107 e. The van der Waals surface area contributed by atoms with E-state index >= 15 is 0 Å². The van der Waals surface area contributed by atoms with E-state index < -0.39 is 0 Å². The van der Waals surface area contributed by atoms with Gasteiger partial charge in [0, 0.05) is 6.04 Å². The second-order valence-electron chi connectivity index (χ2n) is 5.77. The summed E-state index contributed by atoms with van der Waals surface area (Å²) in [5.41, 5.74) is 2.96. The highest BCUT2D eigenvalue weighted by molar-refractivity contribution is 5.23. The summed E-state index contributed by atoms with van der Waals surface area (Å²) in [6.45, 7) is 5.76. The molecule has 1 heterocycles. The second-order valence-corrected chi connectivity index (χ2v) is 5.77. The third kappa shape index (κ3) is 4.16. The summed E-state index contributed by atoms with van der Waals surface area (Å²) in [4.78, 5) is 0. The molecule has 1 unspecified atom stereocenters. The van der Waals surface area contributed by atoms with E-state index in [0.717, 1.165) is 5.92 Å². The van der Waals surface area contributed by atoms with Crippen LogP contribution in [0.2, 0.25) is 0 Å². The number of benzene rings is 1. The van der Waals surface area contributed by atoms with Crippen molar-refractivity contribution in [3.63, 3.8) is 0 Å². The van der Waals surface area contributed by atoms with Crippen molar-refractivity contribution in [1.29, 1.82) is 0 Å². The summed E-state index contributed by atoms with van der Waals surface area (Å²) < 4.78 is 0. The lowest BCUT2D eigenvalue weighted by Crippen LogP contribution is -2.35. The van der Waals surface area contributed by atoms with Crippen LogP contribution in [0, 0.1) is 5.92 Å². The maximum atomic E-state index is 3.61. The van der Waals surface area contributed by atoms with E-state index in [-0.39, 0.29) is 0 Å². The van der Waals surface area contributed by atoms with Gasteiger partial charge in [-0.05, 0) is 49.3 Å². The van der Waals surface area contributed by atoms with Gasteiger partial charge >= 0.3 is 0 Å². The van der Waals surface area contributed by atoms with Crippen LogP contribution in [0.25, 0.3) is 0 Å². The normalized spacial score (nSPS) is 20.8. The zero-order chi connectivity index (χ0) is 12.1. The van der Waals surface area contributed by atoms with E-state index in [9.17, 15) is 0 Å². The summed E-state index contributed by atoms with van der Waals surface area (Å²) in [5.74, 6) is 0.751. The predicted molar refractivity (Wildman–Crippen MR) is 74.3 cm³/mol. The van der Waals surface area contributed by atoms with Gasteiger partial charge in [0.2, 0.25) is 0 Å². The second kappa shape index (κ2) is 6.20. The fraction of sp³-hybridized carbons (Fsp3) is 0.625. The van der Waals surface area contributed by atoms with Crippen LogP contribution in [-0.2, 0) is 12.8 Å². The van der Waals surface area contributed by atoms with Gasteiger partial charge in [-0.15, -0.1) is 0 Å². The summed E-state index contributed by atoms with van der Waals surface area (Å²) in [6.07, 6.45) is 6.48. The Morgan fingerprint density at radius 1 is 1.12 bits per heavy atom. The lowest BCUT2D eigenvalue weighted by Gasteiger charge is -2.23. The average Bonchev–Trinajstić information content (AvgIpc) is 2.32. The Hall–Kier alpha value is -0.820. The van der Waals surface area contributed by atoms with E-state index in [1.54, 1.807) is 0 Å². The van der Waals surface area contributed by atoms with Crippen molar-refractivity contribution in [2.75, 3.05) is 6.54 Å². The molecule has 1 aromatic rings. The minimum Gasteiger partial charge on any atom is -0.314 e. The van der Waals surface area contributed by atoms with Gasteiger partial charge in [0.15, 0.2) is 0 Å². The van der Waals surface area contributed by atoms with Gasteiger partial charge in [-0.1, -0.05) is 44.5 Å². The number of piperidine rings is 1. The molecule has 1 heteroatoms. The van der Waals surface area contributed by atoms with Gasteiger partial charge in [-0.25, -0.2) is 0 Å². The topological polar surface area (TPSA) is 12.0 Å². The minimum atomic E-state index is 0.708. The van der Waals surface area contributed by atoms with Crippen LogP contribution >= 0.6 is 0 Å². The first-order chi connectivity index (χ1) is 8.24. The first kappa shape index (κ1) is 12.6. The largest absolute Gasteiger partial charge is 0.314 e. The van der Waals surface area contributed by atoms with Crippen LogP contribution < -0.4 is 5.32 Å². The third-order valence-electron chi connectivity index (χ3n) is 3.56.